The Bertz CT molecular complexity index is 774. The SMILES string of the molecule is CC(C)CNC(=O)C(C)(C)NC[C@@H](O)[C@H](Cc1cc(F)cc(F)c1)N(C(=O)O)C(C)(C)C. The van der Waals surface area contributed by atoms with Crippen LogP contribution in [0.2, 0.25) is 0 Å². The zero-order valence-electron chi connectivity index (χ0n) is 20.0. The van der Waals surface area contributed by atoms with Crippen molar-refractivity contribution < 1.29 is 28.6 Å². The van der Waals surface area contributed by atoms with Gasteiger partial charge < -0.3 is 20.8 Å². The lowest BCUT2D eigenvalue weighted by atomic mass is 9.93. The highest BCUT2D eigenvalue weighted by Gasteiger charge is 2.38. The van der Waals surface area contributed by atoms with Crippen LogP contribution in [0, 0.1) is 17.6 Å². The fourth-order valence-corrected chi connectivity index (χ4v) is 3.39. The summed E-state index contributed by atoms with van der Waals surface area (Å²) in [6.07, 6.45) is -2.64. The Balaban J connectivity index is 3.12. The van der Waals surface area contributed by atoms with Crippen molar-refractivity contribution in [3.05, 3.63) is 35.4 Å². The fraction of sp³-hybridized carbons (Fsp3) is 0.652. The largest absolute Gasteiger partial charge is 0.465 e. The normalized spacial score (nSPS) is 14.2. The highest BCUT2D eigenvalue weighted by atomic mass is 19.1. The molecule has 0 saturated heterocycles. The third-order valence-electron chi connectivity index (χ3n) is 5.06. The van der Waals surface area contributed by atoms with E-state index in [1.165, 1.54) is 0 Å². The summed E-state index contributed by atoms with van der Waals surface area (Å²) < 4.78 is 27.4. The first-order valence-corrected chi connectivity index (χ1v) is 10.7. The minimum atomic E-state index is -1.27. The molecule has 0 aromatic heterocycles. The molecule has 2 atom stereocenters. The first kappa shape index (κ1) is 27.8. The van der Waals surface area contributed by atoms with Gasteiger partial charge in [0.2, 0.25) is 5.91 Å². The number of benzene rings is 1. The van der Waals surface area contributed by atoms with Gasteiger partial charge in [-0.05, 0) is 64.7 Å². The summed E-state index contributed by atoms with van der Waals surface area (Å²) in [6.45, 7) is 12.7. The van der Waals surface area contributed by atoms with E-state index in [0.717, 1.165) is 23.1 Å². The van der Waals surface area contributed by atoms with E-state index in [2.05, 4.69) is 10.6 Å². The van der Waals surface area contributed by atoms with E-state index < -0.39 is 41.0 Å². The maximum atomic E-state index is 13.7. The van der Waals surface area contributed by atoms with Crippen molar-refractivity contribution in [3.8, 4) is 0 Å². The molecule has 0 bridgehead atoms. The van der Waals surface area contributed by atoms with Crippen LogP contribution < -0.4 is 10.6 Å². The second-order valence-corrected chi connectivity index (χ2v) is 10.0. The summed E-state index contributed by atoms with van der Waals surface area (Å²) in [5.41, 5.74) is -1.70. The lowest BCUT2D eigenvalue weighted by molar-refractivity contribution is -0.126. The predicted octanol–water partition coefficient (Wildman–Crippen LogP) is 3.16. The van der Waals surface area contributed by atoms with Crippen molar-refractivity contribution in [2.24, 2.45) is 5.92 Å². The molecule has 1 aromatic rings. The Morgan fingerprint density at radius 1 is 1.03 bits per heavy atom. The molecule has 0 heterocycles. The number of nitrogens with one attached hydrogen (secondary N) is 2. The van der Waals surface area contributed by atoms with Crippen molar-refractivity contribution in [2.75, 3.05) is 13.1 Å². The molecule has 2 amide bonds. The molecular formula is C23H37F2N3O4. The van der Waals surface area contributed by atoms with Gasteiger partial charge in [-0.15, -0.1) is 0 Å². The van der Waals surface area contributed by atoms with E-state index >= 15 is 0 Å². The van der Waals surface area contributed by atoms with E-state index in [-0.39, 0.29) is 30.4 Å². The van der Waals surface area contributed by atoms with Crippen molar-refractivity contribution in [3.63, 3.8) is 0 Å². The highest BCUT2D eigenvalue weighted by molar-refractivity contribution is 5.85. The smallest absolute Gasteiger partial charge is 0.408 e. The van der Waals surface area contributed by atoms with Crippen molar-refractivity contribution in [1.29, 1.82) is 0 Å². The van der Waals surface area contributed by atoms with Gasteiger partial charge in [0.25, 0.3) is 0 Å². The Labute approximate surface area is 189 Å². The quantitative estimate of drug-likeness (QED) is 0.432. The van der Waals surface area contributed by atoms with Crippen LogP contribution >= 0.6 is 0 Å². The molecular weight excluding hydrogens is 420 g/mol. The van der Waals surface area contributed by atoms with Gasteiger partial charge in [-0.2, -0.15) is 0 Å². The summed E-state index contributed by atoms with van der Waals surface area (Å²) >= 11 is 0. The van der Waals surface area contributed by atoms with E-state index in [0.29, 0.717) is 6.54 Å². The van der Waals surface area contributed by atoms with Crippen LogP contribution in [0.3, 0.4) is 0 Å². The maximum absolute atomic E-state index is 13.7. The Hall–Kier alpha value is -2.26. The van der Waals surface area contributed by atoms with Crippen molar-refractivity contribution in [1.82, 2.24) is 15.5 Å². The Morgan fingerprint density at radius 3 is 2.00 bits per heavy atom. The zero-order valence-corrected chi connectivity index (χ0v) is 20.0. The second-order valence-electron chi connectivity index (χ2n) is 10.0. The van der Waals surface area contributed by atoms with Crippen LogP contribution in [0.1, 0.15) is 54.0 Å². The van der Waals surface area contributed by atoms with E-state index in [1.807, 2.05) is 13.8 Å². The van der Waals surface area contributed by atoms with Gasteiger partial charge in [0.1, 0.15) is 11.6 Å². The number of carbonyl (C=O) groups excluding carboxylic acids is 1. The summed E-state index contributed by atoms with van der Waals surface area (Å²) in [7, 11) is 0. The molecule has 0 radical (unpaired) electrons. The minimum Gasteiger partial charge on any atom is -0.465 e. The Morgan fingerprint density at radius 2 is 1.56 bits per heavy atom. The van der Waals surface area contributed by atoms with Crippen LogP contribution in [0.5, 0.6) is 0 Å². The fourth-order valence-electron chi connectivity index (χ4n) is 3.39. The minimum absolute atomic E-state index is 0.107. The number of carbonyl (C=O) groups is 2. The number of amides is 2. The van der Waals surface area contributed by atoms with Gasteiger partial charge in [-0.3, -0.25) is 9.69 Å². The van der Waals surface area contributed by atoms with Gasteiger partial charge >= 0.3 is 6.09 Å². The molecule has 182 valence electrons. The van der Waals surface area contributed by atoms with Crippen LogP contribution in [-0.2, 0) is 11.2 Å². The molecule has 0 spiro atoms. The number of β-amino-alcohol motifs (C(OH)–C–C–N with tert-alkyl or cyclic N) is 1. The van der Waals surface area contributed by atoms with Gasteiger partial charge in [0.15, 0.2) is 0 Å². The third kappa shape index (κ3) is 8.35. The van der Waals surface area contributed by atoms with Crippen molar-refractivity contribution in [2.45, 2.75) is 78.1 Å². The first-order valence-electron chi connectivity index (χ1n) is 10.7. The highest BCUT2D eigenvalue weighted by Crippen LogP contribution is 2.24. The number of hydrogen-bond donors (Lipinski definition) is 4. The van der Waals surface area contributed by atoms with Gasteiger partial charge in [0, 0.05) is 24.7 Å². The molecule has 9 heteroatoms. The summed E-state index contributed by atoms with van der Waals surface area (Å²) in [5.74, 6) is -1.56. The van der Waals surface area contributed by atoms with E-state index in [1.54, 1.807) is 34.6 Å². The van der Waals surface area contributed by atoms with Crippen LogP contribution in [0.25, 0.3) is 0 Å². The summed E-state index contributed by atoms with van der Waals surface area (Å²) in [5, 5.41) is 26.6. The molecule has 0 aliphatic rings. The molecule has 0 saturated carbocycles. The molecule has 4 N–H and O–H groups in total. The average Bonchev–Trinajstić information content (AvgIpc) is 2.61. The number of aliphatic hydroxyl groups excluding tert-OH is 1. The third-order valence-corrected chi connectivity index (χ3v) is 5.06. The molecule has 0 aliphatic heterocycles. The summed E-state index contributed by atoms with van der Waals surface area (Å²) in [4.78, 5) is 25.6. The van der Waals surface area contributed by atoms with Gasteiger partial charge in [0.05, 0.1) is 17.7 Å². The standard InChI is InChI=1S/C23H37F2N3O4/c1-14(2)12-26-20(30)23(6,7)27-13-19(29)18(28(21(31)32)22(3,4)5)10-15-8-16(24)11-17(25)9-15/h8-9,11,14,18-19,27,29H,10,12-13H2,1-7H3,(H,26,30)(H,31,32)/t18-,19+/m0/s1. The Kier molecular flexibility index (Phi) is 9.59. The number of hydrogen-bond acceptors (Lipinski definition) is 4. The lowest BCUT2D eigenvalue weighted by Crippen LogP contribution is -2.60. The predicted molar refractivity (Wildman–Crippen MR) is 119 cm³/mol. The van der Waals surface area contributed by atoms with Gasteiger partial charge in [-0.1, -0.05) is 13.8 Å². The zero-order chi connectivity index (χ0) is 24.9. The van der Waals surface area contributed by atoms with Crippen LogP contribution in [-0.4, -0.2) is 63.4 Å². The summed E-state index contributed by atoms with van der Waals surface area (Å²) in [6, 6.07) is 1.94. The van der Waals surface area contributed by atoms with E-state index in [9.17, 15) is 28.6 Å². The number of nitrogens with zero attached hydrogens (tertiary/aromatic N) is 1. The number of aliphatic hydroxyl groups is 1. The van der Waals surface area contributed by atoms with Crippen LogP contribution in [0.15, 0.2) is 18.2 Å². The molecule has 0 unspecified atom stereocenters. The van der Waals surface area contributed by atoms with E-state index in [4.69, 9.17) is 0 Å². The molecule has 32 heavy (non-hydrogen) atoms. The maximum Gasteiger partial charge on any atom is 0.408 e. The molecule has 7 nitrogen and oxygen atoms in total. The lowest BCUT2D eigenvalue weighted by Gasteiger charge is -2.42. The number of rotatable bonds is 10. The number of halogens is 2. The molecule has 0 aliphatic carbocycles. The molecule has 0 fully saturated rings. The molecule has 1 aromatic carbocycles. The number of carboxylic acid groups (broad SMARTS) is 1. The average molecular weight is 458 g/mol. The van der Waals surface area contributed by atoms with Gasteiger partial charge in [-0.25, -0.2) is 13.6 Å². The topological polar surface area (TPSA) is 102 Å². The second kappa shape index (κ2) is 11.0. The molecule has 1 rings (SSSR count). The van der Waals surface area contributed by atoms with Crippen molar-refractivity contribution >= 4 is 12.0 Å². The monoisotopic (exact) mass is 457 g/mol. The first-order chi connectivity index (χ1) is 14.5. The van der Waals surface area contributed by atoms with Crippen LogP contribution in [0.4, 0.5) is 13.6 Å².